The zero-order chi connectivity index (χ0) is 15.6. The molecular formula is C14H17Cl2NO3S. The van der Waals surface area contributed by atoms with Crippen LogP contribution in [0.5, 0.6) is 0 Å². The van der Waals surface area contributed by atoms with Gasteiger partial charge in [-0.1, -0.05) is 36.2 Å². The zero-order valence-electron chi connectivity index (χ0n) is 11.7. The van der Waals surface area contributed by atoms with Gasteiger partial charge in [0.25, 0.3) is 5.91 Å². The van der Waals surface area contributed by atoms with Crippen molar-refractivity contribution in [3.63, 3.8) is 0 Å². The van der Waals surface area contributed by atoms with Crippen LogP contribution in [0.25, 0.3) is 0 Å². The quantitative estimate of drug-likeness (QED) is 0.839. The van der Waals surface area contributed by atoms with Gasteiger partial charge in [0.2, 0.25) is 0 Å². The Hall–Kier alpha value is -0.780. The van der Waals surface area contributed by atoms with Crippen LogP contribution in [0.15, 0.2) is 18.2 Å². The maximum atomic E-state index is 12.7. The highest BCUT2D eigenvalue weighted by Crippen LogP contribution is 2.28. The average molecular weight is 350 g/mol. The molecule has 0 aliphatic carbocycles. The molecule has 1 saturated heterocycles. The van der Waals surface area contributed by atoms with Crippen LogP contribution in [-0.2, 0) is 9.84 Å². The highest BCUT2D eigenvalue weighted by Gasteiger charge is 2.35. The van der Waals surface area contributed by atoms with Crippen molar-refractivity contribution in [2.45, 2.75) is 25.8 Å². The van der Waals surface area contributed by atoms with E-state index in [2.05, 4.69) is 0 Å². The summed E-state index contributed by atoms with van der Waals surface area (Å²) in [6.07, 6.45) is 1.23. The van der Waals surface area contributed by atoms with Crippen molar-refractivity contribution in [3.8, 4) is 0 Å². The van der Waals surface area contributed by atoms with Crippen molar-refractivity contribution in [1.29, 1.82) is 0 Å². The zero-order valence-corrected chi connectivity index (χ0v) is 14.0. The van der Waals surface area contributed by atoms with E-state index < -0.39 is 9.84 Å². The summed E-state index contributed by atoms with van der Waals surface area (Å²) < 4.78 is 23.3. The second kappa shape index (κ2) is 6.55. The predicted octanol–water partition coefficient (Wildman–Crippen LogP) is 3.03. The summed E-state index contributed by atoms with van der Waals surface area (Å²) >= 11 is 12.0. The van der Waals surface area contributed by atoms with Crippen molar-refractivity contribution in [1.82, 2.24) is 4.90 Å². The molecule has 1 aliphatic heterocycles. The Morgan fingerprint density at radius 1 is 1.38 bits per heavy atom. The highest BCUT2D eigenvalue weighted by molar-refractivity contribution is 7.91. The number of hydrogen-bond acceptors (Lipinski definition) is 3. The van der Waals surface area contributed by atoms with Crippen LogP contribution in [-0.4, -0.2) is 43.3 Å². The molecule has 1 fully saturated rings. The minimum absolute atomic E-state index is 0.0247. The van der Waals surface area contributed by atoms with Gasteiger partial charge in [-0.05, 0) is 25.0 Å². The summed E-state index contributed by atoms with van der Waals surface area (Å²) in [5.41, 5.74) is 0.321. The summed E-state index contributed by atoms with van der Waals surface area (Å²) in [7, 11) is -3.05. The molecule has 1 amide bonds. The maximum Gasteiger partial charge on any atom is 0.255 e. The molecule has 0 aromatic heterocycles. The molecule has 1 aromatic rings. The van der Waals surface area contributed by atoms with Crippen molar-refractivity contribution in [2.24, 2.45) is 0 Å². The molecule has 0 spiro atoms. The molecule has 7 heteroatoms. The molecule has 1 unspecified atom stereocenters. The SMILES string of the molecule is CCCN(C(=O)c1cccc(Cl)c1Cl)C1CCS(=O)(=O)C1. The molecule has 0 saturated carbocycles. The maximum absolute atomic E-state index is 12.7. The molecule has 1 atom stereocenters. The minimum atomic E-state index is -3.05. The molecule has 4 nitrogen and oxygen atoms in total. The number of sulfone groups is 1. The standard InChI is InChI=1S/C14H17Cl2NO3S/c1-2-7-17(10-6-8-21(19,20)9-10)14(18)11-4-3-5-12(15)13(11)16/h3-5,10H,2,6-9H2,1H3. The smallest absolute Gasteiger partial charge is 0.255 e. The lowest BCUT2D eigenvalue weighted by Crippen LogP contribution is -2.41. The van der Waals surface area contributed by atoms with Gasteiger partial charge < -0.3 is 4.90 Å². The van der Waals surface area contributed by atoms with Crippen LogP contribution < -0.4 is 0 Å². The first kappa shape index (κ1) is 16.6. The van der Waals surface area contributed by atoms with Gasteiger partial charge in [-0.25, -0.2) is 8.42 Å². The van der Waals surface area contributed by atoms with Gasteiger partial charge in [-0.3, -0.25) is 4.79 Å². The van der Waals surface area contributed by atoms with Crippen LogP contribution in [0.3, 0.4) is 0 Å². The second-order valence-electron chi connectivity index (χ2n) is 5.16. The Balaban J connectivity index is 2.30. The molecule has 1 aliphatic rings. The van der Waals surface area contributed by atoms with Gasteiger partial charge in [0.05, 0.1) is 27.1 Å². The summed E-state index contributed by atoms with van der Waals surface area (Å²) in [5, 5.41) is 0.532. The lowest BCUT2D eigenvalue weighted by molar-refractivity contribution is 0.0697. The van der Waals surface area contributed by atoms with E-state index in [-0.39, 0.29) is 28.5 Å². The Kier molecular flexibility index (Phi) is 5.17. The van der Waals surface area contributed by atoms with E-state index in [0.717, 1.165) is 6.42 Å². The Morgan fingerprint density at radius 3 is 2.67 bits per heavy atom. The van der Waals surface area contributed by atoms with Crippen molar-refractivity contribution >= 4 is 38.9 Å². The summed E-state index contributed by atoms with van der Waals surface area (Å²) in [6, 6.07) is 4.61. The third kappa shape index (κ3) is 3.71. The fraction of sp³-hybridized carbons (Fsp3) is 0.500. The molecule has 0 radical (unpaired) electrons. The van der Waals surface area contributed by atoms with Gasteiger partial charge in [0, 0.05) is 12.6 Å². The van der Waals surface area contributed by atoms with Crippen molar-refractivity contribution < 1.29 is 13.2 Å². The van der Waals surface area contributed by atoms with Crippen molar-refractivity contribution in [2.75, 3.05) is 18.1 Å². The average Bonchev–Trinajstić information content (AvgIpc) is 2.78. The molecule has 21 heavy (non-hydrogen) atoms. The van der Waals surface area contributed by atoms with Crippen LogP contribution in [0, 0.1) is 0 Å². The molecule has 116 valence electrons. The van der Waals surface area contributed by atoms with E-state index >= 15 is 0 Å². The first-order valence-corrected chi connectivity index (χ1v) is 9.39. The molecule has 0 bridgehead atoms. The van der Waals surface area contributed by atoms with Crippen LogP contribution in [0.1, 0.15) is 30.1 Å². The van der Waals surface area contributed by atoms with E-state index in [9.17, 15) is 13.2 Å². The summed E-state index contributed by atoms with van der Waals surface area (Å²) in [6.45, 7) is 2.45. The largest absolute Gasteiger partial charge is 0.335 e. The normalized spacial score (nSPS) is 20.4. The lowest BCUT2D eigenvalue weighted by atomic mass is 10.1. The van der Waals surface area contributed by atoms with Gasteiger partial charge in [-0.2, -0.15) is 0 Å². The Bertz CT molecular complexity index is 646. The van der Waals surface area contributed by atoms with Gasteiger partial charge in [0.1, 0.15) is 0 Å². The number of carbonyl (C=O) groups is 1. The Morgan fingerprint density at radius 2 is 2.10 bits per heavy atom. The third-order valence-corrected chi connectivity index (χ3v) is 6.13. The summed E-state index contributed by atoms with van der Waals surface area (Å²) in [4.78, 5) is 14.3. The Labute approximate surface area is 134 Å². The number of nitrogens with zero attached hydrogens (tertiary/aromatic N) is 1. The topological polar surface area (TPSA) is 54.5 Å². The molecule has 0 N–H and O–H groups in total. The number of halogens is 2. The number of hydrogen-bond donors (Lipinski definition) is 0. The van der Waals surface area contributed by atoms with Crippen molar-refractivity contribution in [3.05, 3.63) is 33.8 Å². The van der Waals surface area contributed by atoms with Crippen LogP contribution in [0.4, 0.5) is 0 Å². The fourth-order valence-electron chi connectivity index (χ4n) is 2.54. The van der Waals surface area contributed by atoms with E-state index in [1.54, 1.807) is 23.1 Å². The molecule has 2 rings (SSSR count). The summed E-state index contributed by atoms with van der Waals surface area (Å²) in [5.74, 6) is -0.0998. The first-order valence-electron chi connectivity index (χ1n) is 6.81. The molecule has 1 heterocycles. The number of benzene rings is 1. The number of carbonyl (C=O) groups excluding carboxylic acids is 1. The molecular weight excluding hydrogens is 333 g/mol. The van der Waals surface area contributed by atoms with E-state index in [0.29, 0.717) is 23.6 Å². The van der Waals surface area contributed by atoms with Gasteiger partial charge in [-0.15, -0.1) is 0 Å². The monoisotopic (exact) mass is 349 g/mol. The van der Waals surface area contributed by atoms with E-state index in [4.69, 9.17) is 23.2 Å². The first-order chi connectivity index (χ1) is 9.85. The van der Waals surface area contributed by atoms with Gasteiger partial charge in [0.15, 0.2) is 9.84 Å². The number of amides is 1. The van der Waals surface area contributed by atoms with E-state index in [1.165, 1.54) is 0 Å². The number of rotatable bonds is 4. The van der Waals surface area contributed by atoms with E-state index in [1.807, 2.05) is 6.92 Å². The van der Waals surface area contributed by atoms with Crippen LogP contribution in [0.2, 0.25) is 10.0 Å². The van der Waals surface area contributed by atoms with Gasteiger partial charge >= 0.3 is 0 Å². The molecule has 1 aromatic carbocycles. The fourth-order valence-corrected chi connectivity index (χ4v) is 4.65. The lowest BCUT2D eigenvalue weighted by Gasteiger charge is -2.28. The predicted molar refractivity (Wildman–Crippen MR) is 84.8 cm³/mol. The third-order valence-electron chi connectivity index (χ3n) is 3.56. The minimum Gasteiger partial charge on any atom is -0.335 e. The highest BCUT2D eigenvalue weighted by atomic mass is 35.5. The van der Waals surface area contributed by atoms with Crippen LogP contribution >= 0.6 is 23.2 Å². The second-order valence-corrected chi connectivity index (χ2v) is 8.17.